The molecule has 1 saturated heterocycles. The molecule has 0 spiro atoms. The van der Waals surface area contributed by atoms with Crippen molar-refractivity contribution in [2.75, 3.05) is 37.5 Å². The third-order valence-electron chi connectivity index (χ3n) is 3.34. The molecule has 1 fully saturated rings. The maximum Gasteiger partial charge on any atom is 0.245 e. The van der Waals surface area contributed by atoms with Crippen LogP contribution >= 0.6 is 0 Å². The van der Waals surface area contributed by atoms with Gasteiger partial charge in [0.15, 0.2) is 0 Å². The summed E-state index contributed by atoms with van der Waals surface area (Å²) in [7, 11) is 1.60. The zero-order valence-corrected chi connectivity index (χ0v) is 12.8. The van der Waals surface area contributed by atoms with Gasteiger partial charge in [0.05, 0.1) is 20.3 Å². The predicted molar refractivity (Wildman–Crippen MR) is 82.6 cm³/mol. The van der Waals surface area contributed by atoms with Crippen LogP contribution in [0.4, 0.5) is 11.4 Å². The summed E-state index contributed by atoms with van der Waals surface area (Å²) >= 11 is 0. The van der Waals surface area contributed by atoms with Crippen molar-refractivity contribution in [1.82, 2.24) is 5.32 Å². The van der Waals surface area contributed by atoms with Crippen molar-refractivity contribution >= 4 is 17.3 Å². The van der Waals surface area contributed by atoms with Crippen LogP contribution < -0.4 is 20.7 Å². The van der Waals surface area contributed by atoms with Crippen LogP contribution in [-0.2, 0) is 9.53 Å². The summed E-state index contributed by atoms with van der Waals surface area (Å²) in [4.78, 5) is 14.4. The first kappa shape index (κ1) is 15.4. The van der Waals surface area contributed by atoms with Crippen LogP contribution in [-0.4, -0.2) is 44.9 Å². The third-order valence-corrected chi connectivity index (χ3v) is 3.34. The van der Waals surface area contributed by atoms with E-state index >= 15 is 0 Å². The van der Waals surface area contributed by atoms with Crippen LogP contribution in [0.1, 0.15) is 13.8 Å². The lowest BCUT2D eigenvalue weighted by Gasteiger charge is -2.37. The highest BCUT2D eigenvalue weighted by Gasteiger charge is 2.30. The van der Waals surface area contributed by atoms with E-state index < -0.39 is 0 Å². The largest absolute Gasteiger partial charge is 0.497 e. The van der Waals surface area contributed by atoms with Crippen LogP contribution in [0.15, 0.2) is 18.2 Å². The molecule has 6 heteroatoms. The smallest absolute Gasteiger partial charge is 0.245 e. The van der Waals surface area contributed by atoms with Gasteiger partial charge in [-0.05, 0) is 19.9 Å². The molecule has 0 bridgehead atoms. The molecule has 1 aliphatic rings. The van der Waals surface area contributed by atoms with E-state index in [0.29, 0.717) is 31.2 Å². The Morgan fingerprint density at radius 2 is 2.24 bits per heavy atom. The Morgan fingerprint density at radius 1 is 1.48 bits per heavy atom. The van der Waals surface area contributed by atoms with Crippen molar-refractivity contribution < 1.29 is 14.3 Å². The van der Waals surface area contributed by atoms with E-state index in [1.807, 2.05) is 30.9 Å². The fraction of sp³-hybridized carbons (Fsp3) is 0.533. The van der Waals surface area contributed by atoms with Crippen molar-refractivity contribution in [2.24, 2.45) is 0 Å². The van der Waals surface area contributed by atoms with E-state index in [9.17, 15) is 4.79 Å². The molecule has 6 nitrogen and oxygen atoms in total. The average molecular weight is 293 g/mol. The van der Waals surface area contributed by atoms with E-state index in [1.54, 1.807) is 13.2 Å². The van der Waals surface area contributed by atoms with Gasteiger partial charge >= 0.3 is 0 Å². The number of benzene rings is 1. The molecule has 1 amide bonds. The van der Waals surface area contributed by atoms with Crippen LogP contribution in [0, 0.1) is 0 Å². The number of rotatable bonds is 4. The molecule has 116 valence electrons. The number of carbonyl (C=O) groups is 1. The molecule has 0 aromatic heterocycles. The first-order chi connectivity index (χ1) is 10.0. The lowest BCUT2D eigenvalue weighted by molar-refractivity contribution is -0.125. The highest BCUT2D eigenvalue weighted by Crippen LogP contribution is 2.28. The first-order valence-electron chi connectivity index (χ1n) is 7.10. The second-order valence-electron chi connectivity index (χ2n) is 5.41. The first-order valence-corrected chi connectivity index (χ1v) is 7.10. The number of nitrogens with zero attached hydrogens (tertiary/aromatic N) is 1. The highest BCUT2D eigenvalue weighted by molar-refractivity contribution is 5.86. The number of nitrogens with two attached hydrogens (primary N) is 1. The molecule has 1 atom stereocenters. The monoisotopic (exact) mass is 293 g/mol. The molecule has 0 aliphatic carbocycles. The summed E-state index contributed by atoms with van der Waals surface area (Å²) in [6.45, 7) is 5.48. The number of carbonyl (C=O) groups excluding carboxylic acids is 1. The van der Waals surface area contributed by atoms with Gasteiger partial charge in [-0.1, -0.05) is 0 Å². The molecular formula is C15H23N3O3. The number of morpholine rings is 1. The van der Waals surface area contributed by atoms with E-state index in [1.165, 1.54) is 0 Å². The number of hydrogen-bond donors (Lipinski definition) is 2. The second-order valence-corrected chi connectivity index (χ2v) is 5.41. The van der Waals surface area contributed by atoms with Crippen molar-refractivity contribution in [1.29, 1.82) is 0 Å². The van der Waals surface area contributed by atoms with Crippen molar-refractivity contribution in [3.8, 4) is 5.75 Å². The minimum atomic E-state index is -0.354. The van der Waals surface area contributed by atoms with E-state index in [0.717, 1.165) is 5.69 Å². The zero-order valence-electron chi connectivity index (χ0n) is 12.8. The van der Waals surface area contributed by atoms with Gasteiger partial charge in [0, 0.05) is 36.1 Å². The molecule has 3 N–H and O–H groups in total. The Kier molecular flexibility index (Phi) is 4.90. The Morgan fingerprint density at radius 3 is 2.90 bits per heavy atom. The minimum Gasteiger partial charge on any atom is -0.497 e. The fourth-order valence-corrected chi connectivity index (χ4v) is 2.40. The topological polar surface area (TPSA) is 76.8 Å². The fourth-order valence-electron chi connectivity index (χ4n) is 2.40. The number of anilines is 2. The molecule has 1 aromatic rings. The molecule has 0 saturated carbocycles. The summed E-state index contributed by atoms with van der Waals surface area (Å²) in [6.07, 6.45) is 0. The summed E-state index contributed by atoms with van der Waals surface area (Å²) in [5.74, 6) is 0.644. The molecular weight excluding hydrogens is 270 g/mol. The van der Waals surface area contributed by atoms with Gasteiger partial charge in [-0.15, -0.1) is 0 Å². The average Bonchev–Trinajstić information content (AvgIpc) is 2.45. The van der Waals surface area contributed by atoms with Crippen molar-refractivity contribution in [3.63, 3.8) is 0 Å². The van der Waals surface area contributed by atoms with Crippen molar-refractivity contribution in [3.05, 3.63) is 18.2 Å². The number of ether oxygens (including phenoxy) is 2. The van der Waals surface area contributed by atoms with Gasteiger partial charge in [-0.2, -0.15) is 0 Å². The van der Waals surface area contributed by atoms with Gasteiger partial charge < -0.3 is 25.4 Å². The Bertz CT molecular complexity index is 505. The predicted octanol–water partition coefficient (Wildman–Crippen LogP) is 1.01. The third kappa shape index (κ3) is 3.78. The molecule has 0 radical (unpaired) electrons. The lowest BCUT2D eigenvalue weighted by Crippen LogP contribution is -2.55. The standard InChI is InChI=1S/C15H23N3O3/c1-10(2)17-15(19)14-9-21-5-4-18(14)12-6-11(16)7-13(8-12)20-3/h6-8,10,14H,4-5,9,16H2,1-3H3,(H,17,19). The van der Waals surface area contributed by atoms with Gasteiger partial charge in [-0.3, -0.25) is 4.79 Å². The Balaban J connectivity index is 2.26. The number of amides is 1. The summed E-state index contributed by atoms with van der Waals surface area (Å²) in [5, 5.41) is 2.93. The summed E-state index contributed by atoms with van der Waals surface area (Å²) in [6, 6.07) is 5.23. The maximum atomic E-state index is 12.3. The van der Waals surface area contributed by atoms with Crippen molar-refractivity contribution in [2.45, 2.75) is 25.9 Å². The van der Waals surface area contributed by atoms with Gasteiger partial charge in [-0.25, -0.2) is 0 Å². The Labute approximate surface area is 125 Å². The van der Waals surface area contributed by atoms with E-state index in [2.05, 4.69) is 5.32 Å². The second kappa shape index (κ2) is 6.67. The molecule has 2 rings (SSSR count). The number of methoxy groups -OCH3 is 1. The van der Waals surface area contributed by atoms with Gasteiger partial charge in [0.1, 0.15) is 11.8 Å². The molecule has 1 aliphatic heterocycles. The molecule has 1 heterocycles. The molecule has 21 heavy (non-hydrogen) atoms. The lowest BCUT2D eigenvalue weighted by atomic mass is 10.1. The minimum absolute atomic E-state index is 0.0360. The normalized spacial score (nSPS) is 18.7. The maximum absolute atomic E-state index is 12.3. The summed E-state index contributed by atoms with van der Waals surface area (Å²) in [5.41, 5.74) is 7.39. The number of hydrogen-bond acceptors (Lipinski definition) is 5. The molecule has 1 aromatic carbocycles. The van der Waals surface area contributed by atoms with E-state index in [4.69, 9.17) is 15.2 Å². The van der Waals surface area contributed by atoms with Crippen LogP contribution in [0.25, 0.3) is 0 Å². The van der Waals surface area contributed by atoms with E-state index in [-0.39, 0.29) is 18.0 Å². The quantitative estimate of drug-likeness (QED) is 0.810. The van der Waals surface area contributed by atoms with Crippen LogP contribution in [0.3, 0.4) is 0 Å². The highest BCUT2D eigenvalue weighted by atomic mass is 16.5. The number of nitrogens with one attached hydrogen (secondary N) is 1. The van der Waals surface area contributed by atoms with Gasteiger partial charge in [0.2, 0.25) is 5.91 Å². The SMILES string of the molecule is COc1cc(N)cc(N2CCOCC2C(=O)NC(C)C)c1. The summed E-state index contributed by atoms with van der Waals surface area (Å²) < 4.78 is 10.7. The Hall–Kier alpha value is -1.95. The molecule has 1 unspecified atom stereocenters. The van der Waals surface area contributed by atoms with Crippen LogP contribution in [0.5, 0.6) is 5.75 Å². The zero-order chi connectivity index (χ0) is 15.4. The van der Waals surface area contributed by atoms with Crippen LogP contribution in [0.2, 0.25) is 0 Å². The van der Waals surface area contributed by atoms with Gasteiger partial charge in [0.25, 0.3) is 0 Å². The number of nitrogen functional groups attached to an aromatic ring is 1.